The fourth-order valence-corrected chi connectivity index (χ4v) is 4.32. The predicted octanol–water partition coefficient (Wildman–Crippen LogP) is 3.86. The molecular formula is C27H30F3N7O. The van der Waals surface area contributed by atoms with Crippen LogP contribution in [0.25, 0.3) is 11.3 Å². The van der Waals surface area contributed by atoms with E-state index in [2.05, 4.69) is 31.9 Å². The lowest BCUT2D eigenvalue weighted by molar-refractivity contribution is -0.138. The molecule has 1 aromatic carbocycles. The number of aromatic hydroxyl groups is 1. The number of benzene rings is 1. The van der Waals surface area contributed by atoms with Crippen LogP contribution in [0.1, 0.15) is 24.6 Å². The molecule has 0 amide bonds. The number of halogens is 3. The number of anilines is 3. The topological polar surface area (TPSA) is 94.6 Å². The van der Waals surface area contributed by atoms with Crippen molar-refractivity contribution in [2.45, 2.75) is 25.6 Å². The maximum atomic E-state index is 13.6. The predicted molar refractivity (Wildman–Crippen MR) is 142 cm³/mol. The maximum absolute atomic E-state index is 13.6. The van der Waals surface area contributed by atoms with Gasteiger partial charge in [0, 0.05) is 31.2 Å². The monoisotopic (exact) mass is 525 g/mol. The van der Waals surface area contributed by atoms with Crippen LogP contribution in [-0.2, 0) is 6.18 Å². The van der Waals surface area contributed by atoms with Crippen LogP contribution in [0.5, 0.6) is 5.75 Å². The molecule has 3 N–H and O–H groups in total. The largest absolute Gasteiger partial charge is 0.507 e. The molecule has 1 aliphatic rings. The average molecular weight is 526 g/mol. The van der Waals surface area contributed by atoms with Crippen molar-refractivity contribution < 1.29 is 18.3 Å². The molecule has 38 heavy (non-hydrogen) atoms. The highest BCUT2D eigenvalue weighted by molar-refractivity contribution is 5.74. The van der Waals surface area contributed by atoms with Gasteiger partial charge in [-0.2, -0.15) is 13.2 Å². The highest BCUT2D eigenvalue weighted by Crippen LogP contribution is 2.34. The number of nitrogens with two attached hydrogens (primary N) is 1. The number of rotatable bonds is 4. The number of para-hydroxylation sites is 1. The number of pyridine rings is 1. The highest BCUT2D eigenvalue weighted by Gasteiger charge is 2.35. The Labute approximate surface area is 219 Å². The van der Waals surface area contributed by atoms with E-state index in [4.69, 9.17) is 5.73 Å². The van der Waals surface area contributed by atoms with Crippen LogP contribution in [0.2, 0.25) is 0 Å². The number of nitrogen functional groups attached to an aromatic ring is 1. The molecule has 3 aromatic rings. The third kappa shape index (κ3) is 6.08. The van der Waals surface area contributed by atoms with Gasteiger partial charge in [0.05, 0.1) is 23.5 Å². The number of alkyl halides is 3. The van der Waals surface area contributed by atoms with Crippen molar-refractivity contribution in [1.82, 2.24) is 20.1 Å². The minimum absolute atomic E-state index is 0.000445. The molecule has 8 nitrogen and oxygen atoms in total. The first-order valence-corrected chi connectivity index (χ1v) is 12.2. The zero-order valence-corrected chi connectivity index (χ0v) is 21.5. The van der Waals surface area contributed by atoms with Gasteiger partial charge in [-0.25, -0.2) is 4.98 Å². The Bertz CT molecular complexity index is 1350. The first kappa shape index (κ1) is 27.0. The smallest absolute Gasteiger partial charge is 0.419 e. The van der Waals surface area contributed by atoms with Crippen LogP contribution in [-0.4, -0.2) is 71.5 Å². The summed E-state index contributed by atoms with van der Waals surface area (Å²) in [5.41, 5.74) is 6.78. The number of hydrogen-bond donors (Lipinski definition) is 2. The zero-order valence-electron chi connectivity index (χ0n) is 21.5. The van der Waals surface area contributed by atoms with Gasteiger partial charge >= 0.3 is 6.18 Å². The Kier molecular flexibility index (Phi) is 7.92. The Hall–Kier alpha value is -4.04. The fraction of sp³-hybridized carbons (Fsp3) is 0.370. The molecule has 1 atom stereocenters. The van der Waals surface area contributed by atoms with Crippen molar-refractivity contribution in [3.8, 4) is 28.8 Å². The standard InChI is InChI=1S/C27H30F3N7O/c1-18-12-14-36(23-17-22(33-34-26(23)31)19-7-4-5-9-24(19)38)15-16-37(18)25-11-10-20(27(28,29)30)21(32-25)8-6-13-35(2)3/h4-5,7,9-11,17-18,38H,12-16H2,1-3H3,(H2,31,34)/t18-/m1/s1. The van der Waals surface area contributed by atoms with E-state index in [1.807, 2.05) is 11.8 Å². The first-order chi connectivity index (χ1) is 18.0. The molecule has 0 unspecified atom stereocenters. The summed E-state index contributed by atoms with van der Waals surface area (Å²) in [5.74, 6) is 6.18. The van der Waals surface area contributed by atoms with E-state index in [9.17, 15) is 18.3 Å². The fourth-order valence-electron chi connectivity index (χ4n) is 4.32. The Morgan fingerprint density at radius 3 is 2.58 bits per heavy atom. The number of hydrogen-bond acceptors (Lipinski definition) is 8. The van der Waals surface area contributed by atoms with Crippen LogP contribution in [0.4, 0.5) is 30.5 Å². The maximum Gasteiger partial charge on any atom is 0.419 e. The SMILES string of the molecule is C[C@@H]1CCN(c2cc(-c3ccccc3O)nnc2N)CCN1c1ccc(C(F)(F)F)c(C#CCN(C)C)n1. The van der Waals surface area contributed by atoms with Crippen molar-refractivity contribution in [3.05, 3.63) is 53.7 Å². The summed E-state index contributed by atoms with van der Waals surface area (Å²) in [7, 11) is 3.59. The number of phenols is 1. The summed E-state index contributed by atoms with van der Waals surface area (Å²) in [5, 5.41) is 18.5. The van der Waals surface area contributed by atoms with Crippen molar-refractivity contribution >= 4 is 17.3 Å². The summed E-state index contributed by atoms with van der Waals surface area (Å²) in [4.78, 5) is 10.2. The van der Waals surface area contributed by atoms with Gasteiger partial charge in [0.1, 0.15) is 17.3 Å². The number of aromatic nitrogens is 3. The molecule has 1 saturated heterocycles. The lowest BCUT2D eigenvalue weighted by Crippen LogP contribution is -2.35. The van der Waals surface area contributed by atoms with Crippen LogP contribution >= 0.6 is 0 Å². The second-order valence-electron chi connectivity index (χ2n) is 9.44. The third-order valence-electron chi connectivity index (χ3n) is 6.36. The molecule has 0 radical (unpaired) electrons. The molecule has 4 rings (SSSR count). The van der Waals surface area contributed by atoms with Crippen molar-refractivity contribution in [1.29, 1.82) is 0 Å². The molecule has 2 aromatic heterocycles. The number of phenolic OH excluding ortho intramolecular Hbond substituents is 1. The molecule has 1 aliphatic heterocycles. The lowest BCUT2D eigenvalue weighted by Gasteiger charge is -2.28. The normalized spacial score (nSPS) is 16.2. The van der Waals surface area contributed by atoms with E-state index in [0.717, 1.165) is 6.07 Å². The molecule has 0 aliphatic carbocycles. The Morgan fingerprint density at radius 1 is 1.11 bits per heavy atom. The van der Waals surface area contributed by atoms with E-state index in [0.29, 0.717) is 55.4 Å². The second kappa shape index (κ2) is 11.1. The summed E-state index contributed by atoms with van der Waals surface area (Å²) >= 11 is 0. The van der Waals surface area contributed by atoms with Gasteiger partial charge in [-0.05, 0) is 63.7 Å². The second-order valence-corrected chi connectivity index (χ2v) is 9.44. The van der Waals surface area contributed by atoms with Gasteiger partial charge < -0.3 is 20.6 Å². The Morgan fingerprint density at radius 2 is 1.87 bits per heavy atom. The van der Waals surface area contributed by atoms with Crippen molar-refractivity contribution in [2.75, 3.05) is 55.8 Å². The summed E-state index contributed by atoms with van der Waals surface area (Å²) in [6, 6.07) is 11.1. The van der Waals surface area contributed by atoms with Gasteiger partial charge in [0.25, 0.3) is 0 Å². The van der Waals surface area contributed by atoms with Crippen LogP contribution in [0.15, 0.2) is 42.5 Å². The van der Waals surface area contributed by atoms with Gasteiger partial charge in [-0.1, -0.05) is 18.1 Å². The molecule has 0 saturated carbocycles. The summed E-state index contributed by atoms with van der Waals surface area (Å²) in [6.45, 7) is 4.01. The first-order valence-electron chi connectivity index (χ1n) is 12.2. The van der Waals surface area contributed by atoms with Crippen LogP contribution in [0.3, 0.4) is 0 Å². The molecule has 3 heterocycles. The average Bonchev–Trinajstić information content (AvgIpc) is 3.05. The molecule has 0 spiro atoms. The van der Waals surface area contributed by atoms with Gasteiger partial charge in [-0.3, -0.25) is 4.90 Å². The van der Waals surface area contributed by atoms with Gasteiger partial charge in [0.2, 0.25) is 0 Å². The van der Waals surface area contributed by atoms with E-state index in [-0.39, 0.29) is 23.3 Å². The minimum atomic E-state index is -4.55. The number of nitrogens with zero attached hydrogens (tertiary/aromatic N) is 6. The third-order valence-corrected chi connectivity index (χ3v) is 6.36. The summed E-state index contributed by atoms with van der Waals surface area (Å²) in [6.07, 6.45) is -3.84. The molecule has 200 valence electrons. The van der Waals surface area contributed by atoms with Gasteiger partial charge in [0.15, 0.2) is 5.82 Å². The molecule has 0 bridgehead atoms. The molecule has 1 fully saturated rings. The van der Waals surface area contributed by atoms with Crippen molar-refractivity contribution in [2.24, 2.45) is 0 Å². The summed E-state index contributed by atoms with van der Waals surface area (Å²) < 4.78 is 40.9. The highest BCUT2D eigenvalue weighted by atomic mass is 19.4. The lowest BCUT2D eigenvalue weighted by atomic mass is 10.1. The van der Waals surface area contributed by atoms with E-state index in [1.165, 1.54) is 6.07 Å². The molecular weight excluding hydrogens is 495 g/mol. The Balaban J connectivity index is 1.61. The van der Waals surface area contributed by atoms with Crippen molar-refractivity contribution in [3.63, 3.8) is 0 Å². The van der Waals surface area contributed by atoms with E-state index in [1.54, 1.807) is 49.3 Å². The van der Waals surface area contributed by atoms with Crippen LogP contribution in [0, 0.1) is 11.8 Å². The molecule has 11 heteroatoms. The quantitative estimate of drug-likeness (QED) is 0.496. The van der Waals surface area contributed by atoms with Gasteiger partial charge in [-0.15, -0.1) is 10.2 Å². The zero-order chi connectivity index (χ0) is 27.4. The van der Waals surface area contributed by atoms with E-state index >= 15 is 0 Å². The van der Waals surface area contributed by atoms with E-state index < -0.39 is 11.7 Å². The van der Waals surface area contributed by atoms with Crippen LogP contribution < -0.4 is 15.5 Å². The minimum Gasteiger partial charge on any atom is -0.507 e.